The van der Waals surface area contributed by atoms with E-state index < -0.39 is 0 Å². The third-order valence-corrected chi connectivity index (χ3v) is 4.00. The highest BCUT2D eigenvalue weighted by atomic mass is 16.5. The van der Waals surface area contributed by atoms with Crippen LogP contribution < -0.4 is 4.74 Å². The van der Waals surface area contributed by atoms with E-state index in [0.29, 0.717) is 30.0 Å². The highest BCUT2D eigenvalue weighted by molar-refractivity contribution is 5.95. The second kappa shape index (κ2) is 7.10. The van der Waals surface area contributed by atoms with E-state index in [-0.39, 0.29) is 5.91 Å². The number of hydrogen-bond acceptors (Lipinski definition) is 3. The van der Waals surface area contributed by atoms with Crippen LogP contribution in [0.25, 0.3) is 10.9 Å². The predicted molar refractivity (Wildman–Crippen MR) is 97.4 cm³/mol. The van der Waals surface area contributed by atoms with Crippen molar-refractivity contribution in [3.63, 3.8) is 0 Å². The molecule has 0 saturated carbocycles. The molecule has 5 heteroatoms. The van der Waals surface area contributed by atoms with Gasteiger partial charge in [0.1, 0.15) is 5.75 Å². The number of aromatic nitrogens is 2. The van der Waals surface area contributed by atoms with Gasteiger partial charge in [-0.25, -0.2) is 0 Å². The molecule has 0 unspecified atom stereocenters. The molecule has 0 saturated heterocycles. The van der Waals surface area contributed by atoms with E-state index in [4.69, 9.17) is 11.2 Å². The molecular formula is C20H19N3O2. The van der Waals surface area contributed by atoms with Crippen LogP contribution in [0.1, 0.15) is 28.4 Å². The van der Waals surface area contributed by atoms with Crippen molar-refractivity contribution in [3.05, 3.63) is 59.3 Å². The number of H-pyrrole nitrogens is 1. The minimum atomic E-state index is -0.0963. The van der Waals surface area contributed by atoms with Gasteiger partial charge in [-0.05, 0) is 30.7 Å². The molecule has 126 valence electrons. The maximum atomic E-state index is 12.8. The number of carbonyl (C=O) groups excluding carboxylic acids is 1. The molecule has 1 aromatic heterocycles. The summed E-state index contributed by atoms with van der Waals surface area (Å²) in [5.74, 6) is 3.03. The standard InChI is InChI=1S/C20H19N3O2/c1-4-14-9-10-15(11-18(14)25-5-2)20(24)23(3)13-17-8-6-7-16-12-21-22-19(16)17/h1,6-12H,5,13H2,2-3H3,(H,21,22). The lowest BCUT2D eigenvalue weighted by molar-refractivity contribution is 0.0785. The van der Waals surface area contributed by atoms with Gasteiger partial charge in [-0.3, -0.25) is 9.89 Å². The number of amides is 1. The van der Waals surface area contributed by atoms with E-state index in [2.05, 4.69) is 16.1 Å². The zero-order valence-corrected chi connectivity index (χ0v) is 14.2. The van der Waals surface area contributed by atoms with Crippen LogP contribution in [-0.4, -0.2) is 34.7 Å². The van der Waals surface area contributed by atoms with Gasteiger partial charge in [0.05, 0.1) is 23.9 Å². The number of hydrogen-bond donors (Lipinski definition) is 1. The first-order chi connectivity index (χ1) is 12.1. The Kier molecular flexibility index (Phi) is 4.71. The first-order valence-electron chi connectivity index (χ1n) is 8.04. The van der Waals surface area contributed by atoms with E-state index in [1.807, 2.05) is 25.1 Å². The van der Waals surface area contributed by atoms with Gasteiger partial charge in [0.25, 0.3) is 5.91 Å². The first kappa shape index (κ1) is 16.6. The summed E-state index contributed by atoms with van der Waals surface area (Å²) in [5.41, 5.74) is 3.14. The van der Waals surface area contributed by atoms with Crippen LogP contribution in [0.4, 0.5) is 0 Å². The monoisotopic (exact) mass is 333 g/mol. The smallest absolute Gasteiger partial charge is 0.254 e. The number of fused-ring (bicyclic) bond motifs is 1. The van der Waals surface area contributed by atoms with Crippen molar-refractivity contribution >= 4 is 16.8 Å². The number of nitrogens with zero attached hydrogens (tertiary/aromatic N) is 2. The van der Waals surface area contributed by atoms with Crippen LogP contribution in [0.2, 0.25) is 0 Å². The summed E-state index contributed by atoms with van der Waals surface area (Å²) in [6, 6.07) is 11.1. The van der Waals surface area contributed by atoms with Crippen molar-refractivity contribution in [3.8, 4) is 18.1 Å². The second-order valence-electron chi connectivity index (χ2n) is 5.70. The second-order valence-corrected chi connectivity index (χ2v) is 5.70. The van der Waals surface area contributed by atoms with E-state index in [1.165, 1.54) is 0 Å². The molecule has 3 aromatic rings. The molecule has 0 atom stereocenters. The van der Waals surface area contributed by atoms with Gasteiger partial charge in [0.15, 0.2) is 0 Å². The zero-order chi connectivity index (χ0) is 17.8. The van der Waals surface area contributed by atoms with E-state index in [0.717, 1.165) is 16.5 Å². The molecule has 0 bridgehead atoms. The quantitative estimate of drug-likeness (QED) is 0.729. The molecule has 0 fully saturated rings. The van der Waals surface area contributed by atoms with Crippen LogP contribution in [0.15, 0.2) is 42.6 Å². The first-order valence-corrected chi connectivity index (χ1v) is 8.04. The topological polar surface area (TPSA) is 58.2 Å². The number of ether oxygens (including phenoxy) is 1. The highest BCUT2D eigenvalue weighted by Crippen LogP contribution is 2.22. The highest BCUT2D eigenvalue weighted by Gasteiger charge is 2.15. The molecule has 0 aliphatic rings. The third-order valence-electron chi connectivity index (χ3n) is 4.00. The molecule has 1 N–H and O–H groups in total. The molecule has 0 aliphatic carbocycles. The molecule has 25 heavy (non-hydrogen) atoms. The van der Waals surface area contributed by atoms with Gasteiger partial charge in [-0.15, -0.1) is 6.42 Å². The van der Waals surface area contributed by atoms with E-state index >= 15 is 0 Å². The molecule has 0 spiro atoms. The maximum Gasteiger partial charge on any atom is 0.254 e. The number of benzene rings is 2. The fourth-order valence-electron chi connectivity index (χ4n) is 2.76. The number of para-hydroxylation sites is 1. The van der Waals surface area contributed by atoms with E-state index in [9.17, 15) is 4.79 Å². The molecule has 0 radical (unpaired) electrons. The Morgan fingerprint density at radius 3 is 2.96 bits per heavy atom. The SMILES string of the molecule is C#Cc1ccc(C(=O)N(C)Cc2cccc3cn[nH]c23)cc1OCC. The molecule has 1 amide bonds. The largest absolute Gasteiger partial charge is 0.493 e. The van der Waals surface area contributed by atoms with Gasteiger partial charge in [-0.1, -0.05) is 24.1 Å². The van der Waals surface area contributed by atoms with Crippen LogP contribution in [0.5, 0.6) is 5.75 Å². The van der Waals surface area contributed by atoms with Crippen LogP contribution >= 0.6 is 0 Å². The fraction of sp³-hybridized carbons (Fsp3) is 0.200. The molecule has 0 aliphatic heterocycles. The van der Waals surface area contributed by atoms with Crippen molar-refractivity contribution in [2.24, 2.45) is 0 Å². The normalized spacial score (nSPS) is 10.4. The number of rotatable bonds is 5. The number of nitrogens with one attached hydrogen (secondary N) is 1. The summed E-state index contributed by atoms with van der Waals surface area (Å²) in [6.45, 7) is 2.84. The van der Waals surface area contributed by atoms with Crippen molar-refractivity contribution in [2.45, 2.75) is 13.5 Å². The average Bonchev–Trinajstić information content (AvgIpc) is 3.11. The maximum absolute atomic E-state index is 12.8. The Morgan fingerprint density at radius 1 is 1.36 bits per heavy atom. The summed E-state index contributed by atoms with van der Waals surface area (Å²) in [7, 11) is 1.77. The summed E-state index contributed by atoms with van der Waals surface area (Å²) < 4.78 is 5.54. The predicted octanol–water partition coefficient (Wildman–Crippen LogP) is 3.22. The van der Waals surface area contributed by atoms with Gasteiger partial charge in [0, 0.05) is 24.5 Å². The fourth-order valence-corrected chi connectivity index (χ4v) is 2.76. The minimum Gasteiger partial charge on any atom is -0.493 e. The van der Waals surface area contributed by atoms with Gasteiger partial charge < -0.3 is 9.64 Å². The summed E-state index contributed by atoms with van der Waals surface area (Å²) in [5, 5.41) is 8.07. The van der Waals surface area contributed by atoms with Gasteiger partial charge in [0.2, 0.25) is 0 Å². The number of aromatic amines is 1. The molecule has 2 aromatic carbocycles. The molecule has 1 heterocycles. The van der Waals surface area contributed by atoms with Crippen LogP contribution in [-0.2, 0) is 6.54 Å². The van der Waals surface area contributed by atoms with Crippen LogP contribution in [0.3, 0.4) is 0 Å². The van der Waals surface area contributed by atoms with Crippen molar-refractivity contribution < 1.29 is 9.53 Å². The van der Waals surface area contributed by atoms with E-state index in [1.54, 1.807) is 36.3 Å². The van der Waals surface area contributed by atoms with Gasteiger partial charge >= 0.3 is 0 Å². The number of carbonyl (C=O) groups is 1. The Bertz CT molecular complexity index is 953. The summed E-state index contributed by atoms with van der Waals surface area (Å²) in [6.07, 6.45) is 7.25. The Labute approximate surface area is 146 Å². The van der Waals surface area contributed by atoms with Crippen molar-refractivity contribution in [1.29, 1.82) is 0 Å². The Hall–Kier alpha value is -3.26. The molecule has 3 rings (SSSR count). The lowest BCUT2D eigenvalue weighted by atomic mass is 10.1. The lowest BCUT2D eigenvalue weighted by Gasteiger charge is -2.18. The number of terminal acetylenes is 1. The van der Waals surface area contributed by atoms with Crippen molar-refractivity contribution in [1.82, 2.24) is 15.1 Å². The Balaban J connectivity index is 1.84. The summed E-state index contributed by atoms with van der Waals surface area (Å²) >= 11 is 0. The minimum absolute atomic E-state index is 0.0963. The average molecular weight is 333 g/mol. The van der Waals surface area contributed by atoms with Crippen molar-refractivity contribution in [2.75, 3.05) is 13.7 Å². The molecule has 5 nitrogen and oxygen atoms in total. The third kappa shape index (κ3) is 3.33. The zero-order valence-electron chi connectivity index (χ0n) is 14.2. The Morgan fingerprint density at radius 2 is 2.20 bits per heavy atom. The lowest BCUT2D eigenvalue weighted by Crippen LogP contribution is -2.26. The van der Waals surface area contributed by atoms with Crippen LogP contribution in [0, 0.1) is 12.3 Å². The molecular weight excluding hydrogens is 314 g/mol. The van der Waals surface area contributed by atoms with Gasteiger partial charge in [-0.2, -0.15) is 5.10 Å². The summed E-state index contributed by atoms with van der Waals surface area (Å²) in [4.78, 5) is 14.4.